The van der Waals surface area contributed by atoms with Crippen LogP contribution in [0.5, 0.6) is 0 Å². The van der Waals surface area contributed by atoms with Gasteiger partial charge < -0.3 is 4.90 Å². The minimum absolute atomic E-state index is 0.0643. The van der Waals surface area contributed by atoms with Crippen molar-refractivity contribution in [2.45, 2.75) is 25.2 Å². The first-order chi connectivity index (χ1) is 14.1. The van der Waals surface area contributed by atoms with E-state index in [1.807, 2.05) is 36.4 Å². The molecule has 3 rings (SSSR count). The summed E-state index contributed by atoms with van der Waals surface area (Å²) in [5.74, 6) is 0.383. The second kappa shape index (κ2) is 10.7. The average Bonchev–Trinajstić information content (AvgIpc) is 2.77. The van der Waals surface area contributed by atoms with Crippen molar-refractivity contribution in [1.29, 1.82) is 0 Å². The molecule has 0 bridgehead atoms. The highest BCUT2D eigenvalue weighted by atomic mass is 16.1. The number of hydrogen-bond acceptors (Lipinski definition) is 2. The lowest BCUT2D eigenvalue weighted by Crippen LogP contribution is -2.33. The van der Waals surface area contributed by atoms with Crippen LogP contribution >= 0.6 is 0 Å². The number of ketones is 1. The fourth-order valence-corrected chi connectivity index (χ4v) is 4.07. The van der Waals surface area contributed by atoms with Crippen LogP contribution in [0.2, 0.25) is 0 Å². The first kappa shape index (κ1) is 21.0. The molecule has 0 fully saturated rings. The summed E-state index contributed by atoms with van der Waals surface area (Å²) in [6.07, 6.45) is 3.10. The first-order valence-electron chi connectivity index (χ1n) is 10.5. The number of rotatable bonds is 10. The lowest BCUT2D eigenvalue weighted by Gasteiger charge is -2.29. The van der Waals surface area contributed by atoms with Crippen LogP contribution < -0.4 is 0 Å². The summed E-state index contributed by atoms with van der Waals surface area (Å²) in [5.41, 5.74) is 3.43. The molecule has 0 aliphatic rings. The van der Waals surface area contributed by atoms with E-state index in [9.17, 15) is 4.79 Å². The average molecular weight is 386 g/mol. The highest BCUT2D eigenvalue weighted by Gasteiger charge is 2.30. The maximum atomic E-state index is 13.5. The van der Waals surface area contributed by atoms with E-state index in [4.69, 9.17) is 0 Å². The molecule has 3 aromatic rings. The Morgan fingerprint density at radius 2 is 1.34 bits per heavy atom. The quantitative estimate of drug-likeness (QED) is 0.408. The van der Waals surface area contributed by atoms with Crippen LogP contribution in [0.1, 0.15) is 40.2 Å². The molecule has 0 saturated carbocycles. The Labute approximate surface area is 175 Å². The van der Waals surface area contributed by atoms with Crippen molar-refractivity contribution in [3.05, 3.63) is 108 Å². The predicted octanol–water partition coefficient (Wildman–Crippen LogP) is 5.85. The molecule has 2 heteroatoms. The number of carbonyl (C=O) groups is 1. The number of hydrogen-bond donors (Lipinski definition) is 0. The molecule has 0 unspecified atom stereocenters. The molecule has 3 aromatic carbocycles. The Balaban J connectivity index is 1.85. The van der Waals surface area contributed by atoms with Crippen LogP contribution in [0.3, 0.4) is 0 Å². The molecule has 0 aliphatic heterocycles. The predicted molar refractivity (Wildman–Crippen MR) is 121 cm³/mol. The molecule has 29 heavy (non-hydrogen) atoms. The summed E-state index contributed by atoms with van der Waals surface area (Å²) in [7, 11) is 4.11. The van der Waals surface area contributed by atoms with E-state index < -0.39 is 0 Å². The van der Waals surface area contributed by atoms with Gasteiger partial charge in [-0.3, -0.25) is 4.79 Å². The van der Waals surface area contributed by atoms with Gasteiger partial charge in [0.1, 0.15) is 0 Å². The summed E-state index contributed by atoms with van der Waals surface area (Å²) in [5, 5.41) is 0. The molecule has 2 atom stereocenters. The topological polar surface area (TPSA) is 20.3 Å². The lowest BCUT2D eigenvalue weighted by atomic mass is 9.78. The lowest BCUT2D eigenvalue weighted by molar-refractivity contribution is 0.0868. The van der Waals surface area contributed by atoms with Crippen molar-refractivity contribution < 1.29 is 4.79 Å². The Bertz CT molecular complexity index is 859. The van der Waals surface area contributed by atoms with Gasteiger partial charge in [-0.05, 0) is 50.4 Å². The van der Waals surface area contributed by atoms with Crippen LogP contribution in [0, 0.1) is 5.92 Å². The van der Waals surface area contributed by atoms with Gasteiger partial charge in [-0.25, -0.2) is 0 Å². The number of aryl methyl sites for hydroxylation is 1. The van der Waals surface area contributed by atoms with Crippen molar-refractivity contribution in [3.63, 3.8) is 0 Å². The number of nitrogens with zero attached hydrogens (tertiary/aromatic N) is 1. The molecule has 0 saturated heterocycles. The van der Waals surface area contributed by atoms with Gasteiger partial charge >= 0.3 is 0 Å². The zero-order valence-electron chi connectivity index (χ0n) is 17.5. The van der Waals surface area contributed by atoms with Gasteiger partial charge in [-0.2, -0.15) is 0 Å². The van der Waals surface area contributed by atoms with Crippen LogP contribution in [0.4, 0.5) is 0 Å². The first-order valence-corrected chi connectivity index (χ1v) is 10.5. The van der Waals surface area contributed by atoms with Gasteiger partial charge in [0.25, 0.3) is 0 Å². The van der Waals surface area contributed by atoms with Crippen molar-refractivity contribution in [1.82, 2.24) is 4.90 Å². The van der Waals surface area contributed by atoms with E-state index in [2.05, 4.69) is 73.6 Å². The minimum Gasteiger partial charge on any atom is -0.309 e. The number of benzene rings is 3. The van der Waals surface area contributed by atoms with Gasteiger partial charge in [-0.15, -0.1) is 0 Å². The van der Waals surface area contributed by atoms with Crippen LogP contribution in [-0.4, -0.2) is 31.3 Å². The number of carbonyl (C=O) groups excluding carboxylic acids is 1. The molecule has 0 heterocycles. The van der Waals surface area contributed by atoms with Crippen molar-refractivity contribution in [2.75, 3.05) is 20.6 Å². The summed E-state index contributed by atoms with van der Waals surface area (Å²) in [6.45, 7) is 0.749. The van der Waals surface area contributed by atoms with E-state index in [1.165, 1.54) is 11.1 Å². The molecule has 0 N–H and O–H groups in total. The third-order valence-corrected chi connectivity index (χ3v) is 5.49. The molecule has 0 aromatic heterocycles. The summed E-state index contributed by atoms with van der Waals surface area (Å²) < 4.78 is 0. The third-order valence-electron chi connectivity index (χ3n) is 5.49. The Morgan fingerprint density at radius 1 is 0.793 bits per heavy atom. The SMILES string of the molecule is CN(C)C[C@@H](C(=O)c1ccccc1)[C@H](CCCc1ccccc1)c1ccccc1. The van der Waals surface area contributed by atoms with Crippen molar-refractivity contribution in [3.8, 4) is 0 Å². The molecule has 0 aliphatic carbocycles. The van der Waals surface area contributed by atoms with Crippen LogP contribution in [0.15, 0.2) is 91.0 Å². The molecule has 0 spiro atoms. The molecule has 0 amide bonds. The standard InChI is InChI=1S/C27H31NO/c1-28(2)21-26(27(29)24-18-10-5-11-19-24)25(23-16-8-4-9-17-23)20-12-15-22-13-6-3-7-14-22/h3-11,13-14,16-19,25-26H,12,15,20-21H2,1-2H3/t25-,26-/m1/s1. The fraction of sp³-hybridized carbons (Fsp3) is 0.296. The Hall–Kier alpha value is -2.71. The second-order valence-electron chi connectivity index (χ2n) is 7.99. The smallest absolute Gasteiger partial charge is 0.167 e. The molecular formula is C27H31NO. The summed E-state index contributed by atoms with van der Waals surface area (Å²) in [6, 6.07) is 30.9. The zero-order valence-corrected chi connectivity index (χ0v) is 17.5. The van der Waals surface area contributed by atoms with E-state index in [1.54, 1.807) is 0 Å². The third kappa shape index (κ3) is 6.13. The van der Waals surface area contributed by atoms with Crippen LogP contribution in [-0.2, 0) is 6.42 Å². The normalized spacial score (nSPS) is 13.2. The highest BCUT2D eigenvalue weighted by molar-refractivity contribution is 5.98. The van der Waals surface area contributed by atoms with E-state index in [0.717, 1.165) is 31.4 Å². The Morgan fingerprint density at radius 3 is 1.93 bits per heavy atom. The molecule has 2 nitrogen and oxygen atoms in total. The van der Waals surface area contributed by atoms with E-state index >= 15 is 0 Å². The summed E-state index contributed by atoms with van der Waals surface area (Å²) in [4.78, 5) is 15.6. The fourth-order valence-electron chi connectivity index (χ4n) is 4.07. The monoisotopic (exact) mass is 385 g/mol. The summed E-state index contributed by atoms with van der Waals surface area (Å²) >= 11 is 0. The van der Waals surface area contributed by atoms with Crippen molar-refractivity contribution >= 4 is 5.78 Å². The molecular weight excluding hydrogens is 354 g/mol. The van der Waals surface area contributed by atoms with Gasteiger partial charge in [0, 0.05) is 18.0 Å². The molecule has 150 valence electrons. The van der Waals surface area contributed by atoms with Gasteiger partial charge in [0.15, 0.2) is 5.78 Å². The molecule has 0 radical (unpaired) electrons. The van der Waals surface area contributed by atoms with Crippen molar-refractivity contribution in [2.24, 2.45) is 5.92 Å². The maximum Gasteiger partial charge on any atom is 0.167 e. The van der Waals surface area contributed by atoms with E-state index in [-0.39, 0.29) is 17.6 Å². The minimum atomic E-state index is -0.0643. The second-order valence-corrected chi connectivity index (χ2v) is 7.99. The number of Topliss-reactive ketones (excluding diaryl/α,β-unsaturated/α-hetero) is 1. The maximum absolute atomic E-state index is 13.5. The van der Waals surface area contributed by atoms with Gasteiger partial charge in [0.05, 0.1) is 0 Å². The zero-order chi connectivity index (χ0) is 20.5. The highest BCUT2D eigenvalue weighted by Crippen LogP contribution is 2.33. The van der Waals surface area contributed by atoms with E-state index in [0.29, 0.717) is 0 Å². The Kier molecular flexibility index (Phi) is 7.77. The largest absolute Gasteiger partial charge is 0.309 e. The van der Waals surface area contributed by atoms with Gasteiger partial charge in [0.2, 0.25) is 0 Å². The van der Waals surface area contributed by atoms with Gasteiger partial charge in [-0.1, -0.05) is 91.0 Å². The van der Waals surface area contributed by atoms with Crippen LogP contribution in [0.25, 0.3) is 0 Å².